The Morgan fingerprint density at radius 3 is 2.62 bits per heavy atom. The van der Waals surface area contributed by atoms with Gasteiger partial charge < -0.3 is 9.26 Å². The quantitative estimate of drug-likeness (QED) is 0.700. The zero-order chi connectivity index (χ0) is 18.5. The maximum atomic E-state index is 5.75. The lowest BCUT2D eigenvalue weighted by atomic mass is 9.86. The van der Waals surface area contributed by atoms with Crippen molar-refractivity contribution in [3.63, 3.8) is 0 Å². The lowest BCUT2D eigenvalue weighted by Gasteiger charge is -2.28. The van der Waals surface area contributed by atoms with Crippen LogP contribution in [0.15, 0.2) is 22.0 Å². The summed E-state index contributed by atoms with van der Waals surface area (Å²) >= 11 is 0. The second-order valence-electron chi connectivity index (χ2n) is 7.13. The van der Waals surface area contributed by atoms with Crippen molar-refractivity contribution < 1.29 is 9.26 Å². The maximum absolute atomic E-state index is 5.75. The van der Waals surface area contributed by atoms with Gasteiger partial charge in [0.25, 0.3) is 0 Å². The van der Waals surface area contributed by atoms with Crippen molar-refractivity contribution in [2.75, 3.05) is 25.7 Å². The molecule has 0 unspecified atom stereocenters. The van der Waals surface area contributed by atoms with Crippen molar-refractivity contribution >= 4 is 17.8 Å². The van der Waals surface area contributed by atoms with Crippen LogP contribution >= 0.6 is 0 Å². The van der Waals surface area contributed by atoms with Crippen molar-refractivity contribution in [2.45, 2.75) is 26.2 Å². The van der Waals surface area contributed by atoms with Crippen LogP contribution < -0.4 is 9.64 Å². The normalized spacial score (nSPS) is 14.7. The van der Waals surface area contributed by atoms with Crippen LogP contribution in [0.1, 0.15) is 26.3 Å². The number of anilines is 1. The highest BCUT2D eigenvalue weighted by Crippen LogP contribution is 2.40. The standard InChI is InChI=1S/C16H20N8O2/c1-16(2,3)11-12(25-5)15-19-18-13(10-6-7-26-21-10)24(15)20-14(11)23-8-17-22(4)9-23/h6-8H,9H2,1-5H3. The van der Waals surface area contributed by atoms with Crippen molar-refractivity contribution in [2.24, 2.45) is 5.10 Å². The van der Waals surface area contributed by atoms with Gasteiger partial charge in [0.2, 0.25) is 11.5 Å². The second kappa shape index (κ2) is 5.68. The van der Waals surface area contributed by atoms with E-state index in [1.807, 2.05) is 17.0 Å². The number of fused-ring (bicyclic) bond motifs is 1. The Morgan fingerprint density at radius 2 is 2.04 bits per heavy atom. The van der Waals surface area contributed by atoms with Crippen LogP contribution in [0.3, 0.4) is 0 Å². The van der Waals surface area contributed by atoms with Crippen molar-refractivity contribution in [1.29, 1.82) is 0 Å². The van der Waals surface area contributed by atoms with E-state index in [1.54, 1.807) is 24.0 Å². The summed E-state index contributed by atoms with van der Waals surface area (Å²) in [6, 6.07) is 1.72. The molecular weight excluding hydrogens is 336 g/mol. The van der Waals surface area contributed by atoms with Gasteiger partial charge in [-0.2, -0.15) is 9.62 Å². The molecular formula is C16H20N8O2. The van der Waals surface area contributed by atoms with E-state index in [4.69, 9.17) is 14.4 Å². The average molecular weight is 356 g/mol. The maximum Gasteiger partial charge on any atom is 0.220 e. The molecule has 3 aromatic rings. The van der Waals surface area contributed by atoms with Gasteiger partial charge in [0.05, 0.1) is 7.11 Å². The van der Waals surface area contributed by atoms with Gasteiger partial charge in [0.1, 0.15) is 19.3 Å². The first kappa shape index (κ1) is 16.3. The molecule has 1 aliphatic heterocycles. The molecule has 1 aliphatic rings. The smallest absolute Gasteiger partial charge is 0.220 e. The van der Waals surface area contributed by atoms with Gasteiger partial charge in [-0.05, 0) is 5.41 Å². The van der Waals surface area contributed by atoms with Gasteiger partial charge in [-0.1, -0.05) is 25.9 Å². The van der Waals surface area contributed by atoms with Gasteiger partial charge in [-0.3, -0.25) is 9.91 Å². The number of nitrogens with zero attached hydrogens (tertiary/aromatic N) is 8. The average Bonchev–Trinajstić information content (AvgIpc) is 3.31. The van der Waals surface area contributed by atoms with Crippen LogP contribution in [-0.2, 0) is 5.41 Å². The summed E-state index contributed by atoms with van der Waals surface area (Å²) in [6.07, 6.45) is 3.24. The Balaban J connectivity index is 2.03. The minimum atomic E-state index is -0.232. The zero-order valence-electron chi connectivity index (χ0n) is 15.3. The van der Waals surface area contributed by atoms with E-state index in [2.05, 4.69) is 41.2 Å². The lowest BCUT2D eigenvalue weighted by Crippen LogP contribution is -2.29. The lowest BCUT2D eigenvalue weighted by molar-refractivity contribution is 0.386. The molecule has 0 amide bonds. The summed E-state index contributed by atoms with van der Waals surface area (Å²) in [7, 11) is 3.53. The Hall–Kier alpha value is -3.17. The molecule has 0 saturated heterocycles. The van der Waals surface area contributed by atoms with Gasteiger partial charge >= 0.3 is 0 Å². The van der Waals surface area contributed by atoms with Crippen LogP contribution in [0, 0.1) is 0 Å². The Morgan fingerprint density at radius 1 is 1.23 bits per heavy atom. The molecule has 4 heterocycles. The molecule has 3 aromatic heterocycles. The molecule has 0 atom stereocenters. The van der Waals surface area contributed by atoms with Crippen LogP contribution in [-0.4, -0.2) is 57.1 Å². The molecule has 0 bridgehead atoms. The molecule has 4 rings (SSSR count). The van der Waals surface area contributed by atoms with E-state index < -0.39 is 0 Å². The van der Waals surface area contributed by atoms with Crippen LogP contribution in [0.25, 0.3) is 17.2 Å². The topological polar surface area (TPSA) is 97.2 Å². The number of methoxy groups -OCH3 is 1. The summed E-state index contributed by atoms with van der Waals surface area (Å²) in [5, 5.41) is 23.4. The fourth-order valence-electron chi connectivity index (χ4n) is 3.00. The van der Waals surface area contributed by atoms with E-state index in [9.17, 15) is 0 Å². The zero-order valence-corrected chi connectivity index (χ0v) is 15.3. The summed E-state index contributed by atoms with van der Waals surface area (Å²) < 4.78 is 12.3. The third-order valence-corrected chi connectivity index (χ3v) is 4.13. The fourth-order valence-corrected chi connectivity index (χ4v) is 3.00. The summed E-state index contributed by atoms with van der Waals surface area (Å²) in [5.74, 6) is 1.85. The van der Waals surface area contributed by atoms with Gasteiger partial charge in [-0.15, -0.1) is 15.3 Å². The fraction of sp³-hybridized carbons (Fsp3) is 0.438. The third kappa shape index (κ3) is 2.45. The first-order chi connectivity index (χ1) is 12.4. The Labute approximate surface area is 150 Å². The molecule has 0 fully saturated rings. The van der Waals surface area contributed by atoms with Crippen molar-refractivity contribution in [3.05, 3.63) is 17.9 Å². The highest BCUT2D eigenvalue weighted by molar-refractivity contribution is 5.83. The molecule has 0 saturated carbocycles. The van der Waals surface area contributed by atoms with Crippen molar-refractivity contribution in [3.8, 4) is 17.3 Å². The largest absolute Gasteiger partial charge is 0.492 e. The minimum absolute atomic E-state index is 0.232. The van der Waals surface area contributed by atoms with E-state index in [0.29, 0.717) is 29.6 Å². The minimum Gasteiger partial charge on any atom is -0.492 e. The molecule has 0 aliphatic carbocycles. The summed E-state index contributed by atoms with van der Waals surface area (Å²) in [4.78, 5) is 1.97. The Kier molecular flexibility index (Phi) is 3.56. The van der Waals surface area contributed by atoms with E-state index in [0.717, 1.165) is 11.4 Å². The molecule has 0 radical (unpaired) electrons. The first-order valence-corrected chi connectivity index (χ1v) is 8.16. The van der Waals surface area contributed by atoms with Gasteiger partial charge in [-0.25, -0.2) is 0 Å². The van der Waals surface area contributed by atoms with Crippen LogP contribution in [0.2, 0.25) is 0 Å². The summed E-state index contributed by atoms with van der Waals surface area (Å²) in [6.45, 7) is 6.92. The number of hydrogen-bond acceptors (Lipinski definition) is 9. The molecule has 10 nitrogen and oxygen atoms in total. The number of ether oxygens (including phenoxy) is 1. The van der Waals surface area contributed by atoms with E-state index >= 15 is 0 Å². The third-order valence-electron chi connectivity index (χ3n) is 4.13. The summed E-state index contributed by atoms with van der Waals surface area (Å²) in [5.41, 5.74) is 1.79. The predicted molar refractivity (Wildman–Crippen MR) is 95.1 cm³/mol. The molecule has 10 heteroatoms. The van der Waals surface area contributed by atoms with Crippen molar-refractivity contribution in [1.82, 2.24) is 30.0 Å². The highest BCUT2D eigenvalue weighted by Gasteiger charge is 2.32. The molecule has 136 valence electrons. The van der Waals surface area contributed by atoms with Crippen LogP contribution in [0.4, 0.5) is 5.82 Å². The number of hydrazone groups is 1. The highest BCUT2D eigenvalue weighted by atomic mass is 16.5. The van der Waals surface area contributed by atoms with E-state index in [1.165, 1.54) is 6.26 Å². The first-order valence-electron chi connectivity index (χ1n) is 8.16. The van der Waals surface area contributed by atoms with E-state index in [-0.39, 0.29) is 5.41 Å². The van der Waals surface area contributed by atoms with Gasteiger partial charge in [0.15, 0.2) is 17.3 Å². The second-order valence-corrected chi connectivity index (χ2v) is 7.13. The SMILES string of the molecule is COc1c(C(C)(C)C)c(N2C=NN(C)C2)nn2c(-c3ccon3)nnc12. The molecule has 0 aromatic carbocycles. The number of rotatable bonds is 3. The number of aromatic nitrogens is 5. The van der Waals surface area contributed by atoms with Gasteiger partial charge in [0, 0.05) is 18.7 Å². The predicted octanol–water partition coefficient (Wildman–Crippen LogP) is 1.74. The molecule has 26 heavy (non-hydrogen) atoms. The molecule has 0 N–H and O–H groups in total. The monoisotopic (exact) mass is 356 g/mol. The van der Waals surface area contributed by atoms with Crippen LogP contribution in [0.5, 0.6) is 5.75 Å². The Bertz CT molecular complexity index is 970. The number of hydrogen-bond donors (Lipinski definition) is 0. The molecule has 0 spiro atoms.